The Hall–Kier alpha value is -2.80. The Labute approximate surface area is 167 Å². The number of rotatable bonds is 4. The van der Waals surface area contributed by atoms with Gasteiger partial charge in [-0.15, -0.1) is 11.8 Å². The Morgan fingerprint density at radius 1 is 1.21 bits per heavy atom. The normalized spacial score (nSPS) is 16.5. The van der Waals surface area contributed by atoms with E-state index in [4.69, 9.17) is 4.74 Å². The molecular weight excluding hydrogens is 374 g/mol. The van der Waals surface area contributed by atoms with Gasteiger partial charge in [-0.25, -0.2) is 0 Å². The minimum Gasteiger partial charge on any atom is -0.455 e. The molecule has 0 saturated heterocycles. The molecule has 1 N–H and O–H groups in total. The number of thioether (sulfide) groups is 1. The number of aromatic nitrogens is 2. The molecule has 0 spiro atoms. The highest BCUT2D eigenvalue weighted by molar-refractivity contribution is 8.00. The van der Waals surface area contributed by atoms with Gasteiger partial charge in [0.25, 0.3) is 5.91 Å². The number of carbonyl (C=O) groups is 2. The van der Waals surface area contributed by atoms with Crippen LogP contribution >= 0.6 is 11.8 Å². The molecule has 1 aromatic heterocycles. The Bertz CT molecular complexity index is 1020. The van der Waals surface area contributed by atoms with E-state index < -0.39 is 5.97 Å². The number of ether oxygens (including phenoxy) is 1. The third-order valence-corrected chi connectivity index (χ3v) is 6.00. The summed E-state index contributed by atoms with van der Waals surface area (Å²) in [7, 11) is 0. The number of hydrogen-bond donors (Lipinski definition) is 1. The number of aromatic amines is 1. The van der Waals surface area contributed by atoms with E-state index in [1.165, 1.54) is 0 Å². The molecule has 1 aliphatic rings. The molecule has 0 saturated carbocycles. The van der Waals surface area contributed by atoms with Crippen molar-refractivity contribution < 1.29 is 14.3 Å². The molecule has 0 radical (unpaired) electrons. The molecule has 1 atom stereocenters. The SMILES string of the molecule is CC1CCN(C(=O)COC(=O)Cc2[nH]nc3ccccc23)c2ccccc2S1. The summed E-state index contributed by atoms with van der Waals surface area (Å²) < 4.78 is 5.28. The highest BCUT2D eigenvalue weighted by atomic mass is 32.2. The molecule has 28 heavy (non-hydrogen) atoms. The standard InChI is InChI=1S/C21H21N3O3S/c1-14-10-11-24(18-8-4-5-9-19(18)28-14)20(25)13-27-21(26)12-17-15-6-2-3-7-16(15)22-23-17/h2-9,14H,10-13H2,1H3,(H,22,23). The lowest BCUT2D eigenvalue weighted by Crippen LogP contribution is -2.36. The second-order valence-electron chi connectivity index (χ2n) is 6.79. The summed E-state index contributed by atoms with van der Waals surface area (Å²) in [6.45, 7) is 2.51. The zero-order valence-electron chi connectivity index (χ0n) is 15.6. The van der Waals surface area contributed by atoms with Gasteiger partial charge in [0.05, 0.1) is 23.3 Å². The van der Waals surface area contributed by atoms with E-state index in [2.05, 4.69) is 17.1 Å². The van der Waals surface area contributed by atoms with Gasteiger partial charge in [0.15, 0.2) is 6.61 Å². The molecule has 0 fully saturated rings. The first-order valence-electron chi connectivity index (χ1n) is 9.25. The van der Waals surface area contributed by atoms with E-state index in [1.54, 1.807) is 16.7 Å². The number of hydrogen-bond acceptors (Lipinski definition) is 5. The van der Waals surface area contributed by atoms with E-state index in [1.807, 2.05) is 48.5 Å². The number of fused-ring (bicyclic) bond motifs is 2. The number of H-pyrrole nitrogens is 1. The van der Waals surface area contributed by atoms with Gasteiger partial charge in [0, 0.05) is 22.1 Å². The molecule has 3 aromatic rings. The molecule has 7 heteroatoms. The van der Waals surface area contributed by atoms with Gasteiger partial charge < -0.3 is 9.64 Å². The van der Waals surface area contributed by atoms with E-state index in [-0.39, 0.29) is 18.9 Å². The zero-order valence-corrected chi connectivity index (χ0v) is 16.4. The lowest BCUT2D eigenvalue weighted by molar-refractivity contribution is -0.147. The summed E-state index contributed by atoms with van der Waals surface area (Å²) in [5.41, 5.74) is 2.38. The number of nitrogens with one attached hydrogen (secondary N) is 1. The van der Waals surface area contributed by atoms with Crippen LogP contribution in [0.1, 0.15) is 19.0 Å². The predicted molar refractivity (Wildman–Crippen MR) is 109 cm³/mol. The summed E-state index contributed by atoms with van der Waals surface area (Å²) in [5.74, 6) is -0.654. The fourth-order valence-electron chi connectivity index (χ4n) is 3.31. The number of esters is 1. The van der Waals surface area contributed by atoms with Gasteiger partial charge in [-0.3, -0.25) is 14.7 Å². The van der Waals surface area contributed by atoms with Gasteiger partial charge in [-0.2, -0.15) is 5.10 Å². The van der Waals surface area contributed by atoms with Crippen LogP contribution in [0.25, 0.3) is 10.9 Å². The largest absolute Gasteiger partial charge is 0.455 e. The molecule has 144 valence electrons. The van der Waals surface area contributed by atoms with Crippen LogP contribution < -0.4 is 4.90 Å². The van der Waals surface area contributed by atoms with Crippen LogP contribution in [0.4, 0.5) is 5.69 Å². The molecule has 1 amide bonds. The number of para-hydroxylation sites is 2. The van der Waals surface area contributed by atoms with Crippen LogP contribution in [-0.2, 0) is 20.7 Å². The van der Waals surface area contributed by atoms with Crippen molar-refractivity contribution >= 4 is 40.2 Å². The predicted octanol–water partition coefficient (Wildman–Crippen LogP) is 3.57. The topological polar surface area (TPSA) is 75.3 Å². The first-order valence-corrected chi connectivity index (χ1v) is 10.1. The van der Waals surface area contributed by atoms with Crippen LogP contribution in [-0.4, -0.2) is 40.5 Å². The van der Waals surface area contributed by atoms with Crippen molar-refractivity contribution in [3.8, 4) is 0 Å². The van der Waals surface area contributed by atoms with Crippen molar-refractivity contribution in [2.75, 3.05) is 18.1 Å². The molecular formula is C21H21N3O3S. The number of amides is 1. The Morgan fingerprint density at radius 2 is 2.00 bits per heavy atom. The molecule has 4 rings (SSSR count). The summed E-state index contributed by atoms with van der Waals surface area (Å²) >= 11 is 1.77. The molecule has 1 aliphatic heterocycles. The summed E-state index contributed by atoms with van der Waals surface area (Å²) in [6, 6.07) is 15.4. The molecule has 2 aromatic carbocycles. The van der Waals surface area contributed by atoms with Crippen LogP contribution in [0.15, 0.2) is 53.4 Å². The summed E-state index contributed by atoms with van der Waals surface area (Å²) in [5, 5.41) is 8.36. The number of anilines is 1. The van der Waals surface area contributed by atoms with E-state index >= 15 is 0 Å². The second kappa shape index (κ2) is 8.06. The number of benzene rings is 2. The van der Waals surface area contributed by atoms with Crippen molar-refractivity contribution in [1.82, 2.24) is 10.2 Å². The number of carbonyl (C=O) groups excluding carboxylic acids is 2. The zero-order chi connectivity index (χ0) is 19.5. The minimum atomic E-state index is -0.450. The van der Waals surface area contributed by atoms with E-state index in [0.717, 1.165) is 27.9 Å². The van der Waals surface area contributed by atoms with Crippen molar-refractivity contribution in [3.63, 3.8) is 0 Å². The first kappa shape index (κ1) is 18.6. The smallest absolute Gasteiger partial charge is 0.312 e. The average Bonchev–Trinajstić information content (AvgIpc) is 3.01. The maximum atomic E-state index is 12.8. The molecule has 2 heterocycles. The Kier molecular flexibility index (Phi) is 5.34. The Morgan fingerprint density at radius 3 is 2.89 bits per heavy atom. The Balaban J connectivity index is 1.41. The second-order valence-corrected chi connectivity index (χ2v) is 8.27. The molecule has 1 unspecified atom stereocenters. The molecule has 0 bridgehead atoms. The van der Waals surface area contributed by atoms with Crippen LogP contribution in [0.3, 0.4) is 0 Å². The third-order valence-electron chi connectivity index (χ3n) is 4.76. The maximum Gasteiger partial charge on any atom is 0.312 e. The maximum absolute atomic E-state index is 12.8. The highest BCUT2D eigenvalue weighted by Gasteiger charge is 2.25. The lowest BCUT2D eigenvalue weighted by Gasteiger charge is -2.22. The van der Waals surface area contributed by atoms with Crippen LogP contribution in [0.2, 0.25) is 0 Å². The highest BCUT2D eigenvalue weighted by Crippen LogP contribution is 2.37. The van der Waals surface area contributed by atoms with Crippen LogP contribution in [0.5, 0.6) is 0 Å². The molecule has 6 nitrogen and oxygen atoms in total. The van der Waals surface area contributed by atoms with Crippen molar-refractivity contribution in [2.24, 2.45) is 0 Å². The lowest BCUT2D eigenvalue weighted by atomic mass is 10.2. The summed E-state index contributed by atoms with van der Waals surface area (Å²) in [4.78, 5) is 27.8. The van der Waals surface area contributed by atoms with E-state index in [0.29, 0.717) is 17.5 Å². The third kappa shape index (κ3) is 3.89. The minimum absolute atomic E-state index is 0.0528. The first-order chi connectivity index (χ1) is 13.6. The van der Waals surface area contributed by atoms with Crippen molar-refractivity contribution in [3.05, 3.63) is 54.2 Å². The monoisotopic (exact) mass is 395 g/mol. The van der Waals surface area contributed by atoms with Gasteiger partial charge in [-0.05, 0) is 24.6 Å². The van der Waals surface area contributed by atoms with Crippen LogP contribution in [0, 0.1) is 0 Å². The van der Waals surface area contributed by atoms with Gasteiger partial charge in [-0.1, -0.05) is 37.3 Å². The number of nitrogens with zero attached hydrogens (tertiary/aromatic N) is 2. The van der Waals surface area contributed by atoms with E-state index in [9.17, 15) is 9.59 Å². The average molecular weight is 395 g/mol. The molecule has 0 aliphatic carbocycles. The van der Waals surface area contributed by atoms with Crippen molar-refractivity contribution in [2.45, 2.75) is 29.9 Å². The fraction of sp³-hybridized carbons (Fsp3) is 0.286. The van der Waals surface area contributed by atoms with Gasteiger partial charge >= 0.3 is 5.97 Å². The van der Waals surface area contributed by atoms with Crippen molar-refractivity contribution in [1.29, 1.82) is 0 Å². The quantitative estimate of drug-likeness (QED) is 0.684. The van der Waals surface area contributed by atoms with Gasteiger partial charge in [0.2, 0.25) is 0 Å². The summed E-state index contributed by atoms with van der Waals surface area (Å²) in [6.07, 6.45) is 0.941. The van der Waals surface area contributed by atoms with Gasteiger partial charge in [0.1, 0.15) is 0 Å². The fourth-order valence-corrected chi connectivity index (χ4v) is 4.42.